The van der Waals surface area contributed by atoms with Gasteiger partial charge in [0.15, 0.2) is 0 Å². The lowest BCUT2D eigenvalue weighted by atomic mass is 10.2. The van der Waals surface area contributed by atoms with Crippen molar-refractivity contribution in [3.05, 3.63) is 59.9 Å². The molecule has 25 heavy (non-hydrogen) atoms. The van der Waals surface area contributed by atoms with Gasteiger partial charge in [0.05, 0.1) is 11.0 Å². The summed E-state index contributed by atoms with van der Waals surface area (Å²) in [6.07, 6.45) is 0. The summed E-state index contributed by atoms with van der Waals surface area (Å²) in [5.74, 6) is 0.770. The normalized spacial score (nSPS) is 18.9. The largest absolute Gasteiger partial charge is 0.404 e. The summed E-state index contributed by atoms with van der Waals surface area (Å²) < 4.78 is 20.0. The van der Waals surface area contributed by atoms with E-state index in [-0.39, 0.29) is 12.5 Å². The van der Waals surface area contributed by atoms with E-state index in [0.717, 1.165) is 5.56 Å². The molecule has 0 fully saturated rings. The number of fused-ring (bicyclic) bond motifs is 3. The van der Waals surface area contributed by atoms with Gasteiger partial charge in [-0.05, 0) is 23.8 Å². The second kappa shape index (κ2) is 6.19. The monoisotopic (exact) mass is 376 g/mol. The molecule has 0 radical (unpaired) electrons. The van der Waals surface area contributed by atoms with Crippen LogP contribution in [-0.4, -0.2) is 15.4 Å². The Morgan fingerprint density at radius 1 is 1.24 bits per heavy atom. The molecule has 0 bridgehead atoms. The number of urea groups is 1. The number of benzene rings is 2. The van der Waals surface area contributed by atoms with Gasteiger partial charge in [-0.3, -0.25) is 4.52 Å². The molecular weight excluding hydrogens is 363 g/mol. The number of rotatable bonds is 3. The highest BCUT2D eigenvalue weighted by Gasteiger charge is 2.39. The molecule has 4 rings (SSSR count). The van der Waals surface area contributed by atoms with Crippen molar-refractivity contribution >= 4 is 42.0 Å². The maximum atomic E-state index is 13.2. The molecule has 0 spiro atoms. The minimum Gasteiger partial charge on any atom is -0.307 e. The van der Waals surface area contributed by atoms with Gasteiger partial charge in [-0.25, -0.2) is 23.8 Å². The highest BCUT2D eigenvalue weighted by Crippen LogP contribution is 2.52. The molecule has 3 aromatic rings. The van der Waals surface area contributed by atoms with E-state index < -0.39 is 13.7 Å². The molecule has 1 aromatic heterocycles. The lowest BCUT2D eigenvalue weighted by Crippen LogP contribution is -2.28. The van der Waals surface area contributed by atoms with E-state index in [1.165, 1.54) is 4.34 Å². The van der Waals surface area contributed by atoms with Crippen molar-refractivity contribution in [2.45, 2.75) is 12.5 Å². The van der Waals surface area contributed by atoms with Crippen LogP contribution in [0, 0.1) is 0 Å². The average Bonchev–Trinajstić information content (AvgIpc) is 3.13. The first-order valence-electron chi connectivity index (χ1n) is 7.56. The van der Waals surface area contributed by atoms with E-state index >= 15 is 0 Å². The number of para-hydroxylation sites is 3. The standard InChI is InChI=1S/C16H14ClN4O3P/c17-9-11-5-1-2-6-12(11)19-16(22)20-25(23)21-14-8-4-3-7-13(14)18-15(21)10-24-25/h1-8H,9-10H2,(H2,19,20,22,23). The van der Waals surface area contributed by atoms with Crippen molar-refractivity contribution in [1.82, 2.24) is 14.4 Å². The molecular formula is C16H14ClN4O3P. The van der Waals surface area contributed by atoms with Gasteiger partial charge in [-0.1, -0.05) is 30.3 Å². The zero-order valence-electron chi connectivity index (χ0n) is 13.0. The molecule has 0 aliphatic carbocycles. The molecule has 2 aromatic carbocycles. The van der Waals surface area contributed by atoms with Crippen molar-refractivity contribution < 1.29 is 13.9 Å². The van der Waals surface area contributed by atoms with Crippen molar-refractivity contribution in [3.63, 3.8) is 0 Å². The number of nitrogens with zero attached hydrogens (tertiary/aromatic N) is 2. The van der Waals surface area contributed by atoms with Crippen LogP contribution in [0.4, 0.5) is 10.5 Å². The molecule has 1 atom stereocenters. The Bertz CT molecular complexity index is 1020. The number of halogens is 1. The van der Waals surface area contributed by atoms with E-state index in [1.807, 2.05) is 24.3 Å². The third-order valence-electron chi connectivity index (χ3n) is 3.89. The topological polar surface area (TPSA) is 85.2 Å². The third kappa shape index (κ3) is 2.80. The van der Waals surface area contributed by atoms with Crippen molar-refractivity contribution in [2.75, 3.05) is 5.32 Å². The fraction of sp³-hybridized carbons (Fsp3) is 0.125. The SMILES string of the molecule is O=C(Nc1ccccc1CCl)NP1(=O)OCc2nc3ccccc3n21. The number of amides is 2. The second-order valence-corrected chi connectivity index (χ2v) is 7.67. The number of hydrogen-bond donors (Lipinski definition) is 2. The smallest absolute Gasteiger partial charge is 0.307 e. The number of aromatic nitrogens is 2. The fourth-order valence-electron chi connectivity index (χ4n) is 2.77. The van der Waals surface area contributed by atoms with Crippen LogP contribution in [0.3, 0.4) is 0 Å². The maximum absolute atomic E-state index is 13.2. The number of anilines is 1. The van der Waals surface area contributed by atoms with Crippen LogP contribution in [0.25, 0.3) is 11.0 Å². The van der Waals surface area contributed by atoms with E-state index in [0.29, 0.717) is 22.5 Å². The summed E-state index contributed by atoms with van der Waals surface area (Å²) in [5.41, 5.74) is 2.67. The maximum Gasteiger partial charge on any atom is 0.404 e. The molecule has 9 heteroatoms. The Labute approximate surface area is 148 Å². The summed E-state index contributed by atoms with van der Waals surface area (Å²) in [6, 6.07) is 13.8. The Morgan fingerprint density at radius 2 is 2.00 bits per heavy atom. The Kier molecular flexibility index (Phi) is 4.00. The van der Waals surface area contributed by atoms with Gasteiger partial charge >= 0.3 is 13.7 Å². The van der Waals surface area contributed by atoms with Gasteiger partial charge in [0.25, 0.3) is 0 Å². The minimum absolute atomic E-state index is 0.0739. The molecule has 2 amide bonds. The Morgan fingerprint density at radius 3 is 2.84 bits per heavy atom. The third-order valence-corrected chi connectivity index (χ3v) is 6.11. The van der Waals surface area contributed by atoms with Crippen molar-refractivity contribution in [2.24, 2.45) is 0 Å². The molecule has 7 nitrogen and oxygen atoms in total. The quantitative estimate of drug-likeness (QED) is 0.532. The van der Waals surface area contributed by atoms with Crippen LogP contribution in [0.1, 0.15) is 11.4 Å². The van der Waals surface area contributed by atoms with E-state index in [2.05, 4.69) is 15.4 Å². The number of carbonyl (C=O) groups excluding carboxylic acids is 1. The van der Waals surface area contributed by atoms with E-state index in [1.54, 1.807) is 24.3 Å². The molecule has 2 heterocycles. The minimum atomic E-state index is -3.62. The van der Waals surface area contributed by atoms with Crippen LogP contribution in [-0.2, 0) is 21.6 Å². The van der Waals surface area contributed by atoms with Crippen LogP contribution in [0.5, 0.6) is 0 Å². The zero-order chi connectivity index (χ0) is 17.4. The summed E-state index contributed by atoms with van der Waals surface area (Å²) in [5, 5.41) is 5.12. The number of nitrogens with one attached hydrogen (secondary N) is 2. The van der Waals surface area contributed by atoms with Gasteiger partial charge in [-0.2, -0.15) is 0 Å². The van der Waals surface area contributed by atoms with Crippen LogP contribution < -0.4 is 10.4 Å². The molecule has 128 valence electrons. The molecule has 1 aliphatic heterocycles. The average molecular weight is 377 g/mol. The van der Waals surface area contributed by atoms with Gasteiger partial charge in [0.2, 0.25) is 0 Å². The highest BCUT2D eigenvalue weighted by molar-refractivity contribution is 7.56. The second-order valence-electron chi connectivity index (χ2n) is 5.48. The van der Waals surface area contributed by atoms with Crippen molar-refractivity contribution in [1.29, 1.82) is 0 Å². The lowest BCUT2D eigenvalue weighted by Gasteiger charge is -2.16. The van der Waals surface area contributed by atoms with Crippen molar-refractivity contribution in [3.8, 4) is 0 Å². The van der Waals surface area contributed by atoms with Crippen LogP contribution in [0.2, 0.25) is 0 Å². The van der Waals surface area contributed by atoms with Crippen LogP contribution >= 0.6 is 19.3 Å². The summed E-state index contributed by atoms with van der Waals surface area (Å²) in [7, 11) is -3.62. The number of carbonyl (C=O) groups is 1. The fourth-order valence-corrected chi connectivity index (χ4v) is 4.75. The first kappa shape index (κ1) is 16.1. The first-order chi connectivity index (χ1) is 12.1. The summed E-state index contributed by atoms with van der Waals surface area (Å²) >= 11 is 5.87. The Hall–Kier alpha value is -2.34. The Balaban J connectivity index is 1.62. The zero-order valence-corrected chi connectivity index (χ0v) is 14.6. The highest BCUT2D eigenvalue weighted by atomic mass is 35.5. The van der Waals surface area contributed by atoms with Gasteiger partial charge in [0.1, 0.15) is 12.4 Å². The molecule has 1 aliphatic rings. The van der Waals surface area contributed by atoms with Gasteiger partial charge in [-0.15, -0.1) is 11.6 Å². The first-order valence-corrected chi connectivity index (χ1v) is 9.67. The summed E-state index contributed by atoms with van der Waals surface area (Å²) in [4.78, 5) is 16.7. The van der Waals surface area contributed by atoms with E-state index in [9.17, 15) is 9.36 Å². The molecule has 0 saturated heterocycles. The van der Waals surface area contributed by atoms with Gasteiger partial charge < -0.3 is 5.32 Å². The predicted octanol–water partition coefficient (Wildman–Crippen LogP) is 4.08. The molecule has 2 N–H and O–H groups in total. The summed E-state index contributed by atoms with van der Waals surface area (Å²) in [6.45, 7) is 0.0739. The predicted molar refractivity (Wildman–Crippen MR) is 95.7 cm³/mol. The number of alkyl halides is 1. The van der Waals surface area contributed by atoms with Crippen LogP contribution in [0.15, 0.2) is 48.5 Å². The number of imidazole rings is 1. The van der Waals surface area contributed by atoms with E-state index in [4.69, 9.17) is 16.1 Å². The lowest BCUT2D eigenvalue weighted by molar-refractivity contribution is 0.253. The molecule has 0 saturated carbocycles. The molecule has 1 unspecified atom stereocenters. The number of hydrogen-bond acceptors (Lipinski definition) is 4. The van der Waals surface area contributed by atoms with Gasteiger partial charge in [0, 0.05) is 11.6 Å².